The maximum Gasteiger partial charge on any atom is 0.318 e. The van der Waals surface area contributed by atoms with E-state index in [9.17, 15) is 18.0 Å². The van der Waals surface area contributed by atoms with Crippen molar-refractivity contribution in [1.82, 2.24) is 9.21 Å². The molecule has 1 aromatic carbocycles. The average molecular weight is 316 g/mol. The molecule has 0 atom stereocenters. The van der Waals surface area contributed by atoms with Gasteiger partial charge in [-0.2, -0.15) is 4.31 Å². The molecule has 0 aliphatic rings. The van der Waals surface area contributed by atoms with Crippen molar-refractivity contribution in [2.75, 3.05) is 27.7 Å². The smallest absolute Gasteiger partial charge is 0.318 e. The summed E-state index contributed by atoms with van der Waals surface area (Å²) >= 11 is 0. The van der Waals surface area contributed by atoms with Crippen molar-refractivity contribution in [2.45, 2.75) is 11.8 Å². The topological polar surface area (TPSA) is 95.0 Å². The summed E-state index contributed by atoms with van der Waals surface area (Å²) in [5, 5.41) is 8.53. The Morgan fingerprint density at radius 2 is 1.62 bits per heavy atom. The van der Waals surface area contributed by atoms with Gasteiger partial charge < -0.3 is 10.0 Å². The first kappa shape index (κ1) is 19.1. The fourth-order valence-corrected chi connectivity index (χ4v) is 2.29. The van der Waals surface area contributed by atoms with Crippen LogP contribution in [0, 0.1) is 6.92 Å². The summed E-state index contributed by atoms with van der Waals surface area (Å²) in [6.07, 6.45) is 0.750. The second-order valence-corrected chi connectivity index (χ2v) is 6.58. The van der Waals surface area contributed by atoms with Crippen molar-refractivity contribution in [1.29, 1.82) is 0 Å². The highest BCUT2D eigenvalue weighted by atomic mass is 32.2. The van der Waals surface area contributed by atoms with E-state index < -0.39 is 22.5 Å². The van der Waals surface area contributed by atoms with Gasteiger partial charge in [0.2, 0.25) is 16.4 Å². The lowest BCUT2D eigenvalue weighted by atomic mass is 10.2. The molecule has 0 radical (unpaired) electrons. The predicted octanol–water partition coefficient (Wildman–Crippen LogP) is 0.405. The van der Waals surface area contributed by atoms with Crippen molar-refractivity contribution in [3.8, 4) is 0 Å². The van der Waals surface area contributed by atoms with Crippen LogP contribution in [0.15, 0.2) is 29.2 Å². The number of nitrogens with zero attached hydrogens (tertiary/aromatic N) is 2. The molecule has 0 heterocycles. The Hall–Kier alpha value is -1.93. The Kier molecular flexibility index (Phi) is 7.61. The van der Waals surface area contributed by atoms with Crippen LogP contribution in [0.4, 0.5) is 0 Å². The number of hydrogen-bond acceptors (Lipinski definition) is 4. The number of hydrogen-bond donors (Lipinski definition) is 1. The Bertz CT molecular complexity index is 567. The lowest BCUT2D eigenvalue weighted by Gasteiger charge is -2.14. The number of carbonyl (C=O) groups excluding carboxylic acids is 1. The number of likely N-dealkylation sites (N-methyl/N-ethyl adjacent to an activating group) is 1. The zero-order chi connectivity index (χ0) is 16.6. The maximum atomic E-state index is 11.8. The lowest BCUT2D eigenvalue weighted by Crippen LogP contribution is -2.31. The summed E-state index contributed by atoms with van der Waals surface area (Å²) in [6.45, 7) is 1.30. The highest BCUT2D eigenvalue weighted by Gasteiger charge is 2.22. The lowest BCUT2D eigenvalue weighted by molar-refractivity contribution is -0.137. The van der Waals surface area contributed by atoms with E-state index in [0.717, 1.165) is 16.3 Å². The zero-order valence-electron chi connectivity index (χ0n) is 12.5. The Labute approximate surface area is 124 Å². The third-order valence-electron chi connectivity index (χ3n) is 2.30. The molecule has 0 saturated carbocycles. The van der Waals surface area contributed by atoms with Gasteiger partial charge in [0, 0.05) is 21.1 Å². The number of carboxylic acids is 1. The van der Waals surface area contributed by atoms with E-state index in [1.165, 1.54) is 24.1 Å². The van der Waals surface area contributed by atoms with Crippen LogP contribution >= 0.6 is 0 Å². The minimum atomic E-state index is -3.70. The SMILES string of the molecule is CN(C)C=O.Cc1ccc(S(=O)(=O)N(C)CC(=O)O)cc1. The molecule has 0 aliphatic heterocycles. The number of amides is 1. The molecule has 0 unspecified atom stereocenters. The van der Waals surface area contributed by atoms with E-state index in [1.54, 1.807) is 26.2 Å². The largest absolute Gasteiger partial charge is 0.480 e. The molecule has 118 valence electrons. The van der Waals surface area contributed by atoms with Gasteiger partial charge in [0.05, 0.1) is 4.90 Å². The molecule has 0 aliphatic carbocycles. The van der Waals surface area contributed by atoms with Gasteiger partial charge in [-0.1, -0.05) is 17.7 Å². The molecule has 0 spiro atoms. The summed E-state index contributed by atoms with van der Waals surface area (Å²) in [6, 6.07) is 6.26. The quantitative estimate of drug-likeness (QED) is 0.794. The van der Waals surface area contributed by atoms with Crippen molar-refractivity contribution in [3.05, 3.63) is 29.8 Å². The number of rotatable bonds is 5. The molecule has 1 amide bonds. The number of benzene rings is 1. The van der Waals surface area contributed by atoms with Crippen LogP contribution in [-0.2, 0) is 19.6 Å². The summed E-state index contributed by atoms with van der Waals surface area (Å²) in [5.74, 6) is -1.18. The molecule has 7 nitrogen and oxygen atoms in total. The van der Waals surface area contributed by atoms with Gasteiger partial charge in [-0.25, -0.2) is 8.42 Å². The van der Waals surface area contributed by atoms with Crippen LogP contribution in [0.5, 0.6) is 0 Å². The van der Waals surface area contributed by atoms with Gasteiger partial charge in [0.15, 0.2) is 0 Å². The normalized spacial score (nSPS) is 10.5. The predicted molar refractivity (Wildman–Crippen MR) is 78.4 cm³/mol. The fraction of sp³-hybridized carbons (Fsp3) is 0.385. The first-order valence-electron chi connectivity index (χ1n) is 5.97. The van der Waals surface area contributed by atoms with Crippen molar-refractivity contribution in [3.63, 3.8) is 0 Å². The van der Waals surface area contributed by atoms with Crippen molar-refractivity contribution < 1.29 is 23.1 Å². The van der Waals surface area contributed by atoms with Crippen LogP contribution in [-0.4, -0.2) is 62.8 Å². The molecule has 1 aromatic rings. The molecule has 0 saturated heterocycles. The number of sulfonamides is 1. The standard InChI is InChI=1S/C10H13NO4S.C3H7NO/c1-8-3-5-9(6-4-8)16(14,15)11(2)7-10(12)13;1-4(2)3-5/h3-6H,7H2,1-2H3,(H,12,13);3H,1-2H3. The molecular formula is C13H20N2O5S. The molecule has 1 N–H and O–H groups in total. The molecule has 0 fully saturated rings. The Morgan fingerprint density at radius 3 is 1.95 bits per heavy atom. The molecule has 0 aromatic heterocycles. The molecule has 8 heteroatoms. The highest BCUT2D eigenvalue weighted by molar-refractivity contribution is 7.89. The number of carbonyl (C=O) groups is 2. The van der Waals surface area contributed by atoms with E-state index in [2.05, 4.69) is 0 Å². The average Bonchev–Trinajstić information content (AvgIpc) is 2.39. The third kappa shape index (κ3) is 6.87. The van der Waals surface area contributed by atoms with Gasteiger partial charge >= 0.3 is 5.97 Å². The van der Waals surface area contributed by atoms with Gasteiger partial charge in [-0.05, 0) is 19.1 Å². The van der Waals surface area contributed by atoms with E-state index in [1.807, 2.05) is 6.92 Å². The second-order valence-electron chi connectivity index (χ2n) is 4.54. The number of aliphatic carboxylic acids is 1. The molecule has 1 rings (SSSR count). The Morgan fingerprint density at radius 1 is 1.19 bits per heavy atom. The van der Waals surface area contributed by atoms with Crippen LogP contribution in [0.1, 0.15) is 5.56 Å². The summed E-state index contributed by atoms with van der Waals surface area (Å²) < 4.78 is 24.5. The molecule has 21 heavy (non-hydrogen) atoms. The van der Waals surface area contributed by atoms with Crippen LogP contribution in [0.3, 0.4) is 0 Å². The van der Waals surface area contributed by atoms with E-state index in [0.29, 0.717) is 0 Å². The minimum absolute atomic E-state index is 0.0989. The van der Waals surface area contributed by atoms with Gasteiger partial charge in [-0.3, -0.25) is 9.59 Å². The van der Waals surface area contributed by atoms with Gasteiger partial charge in [0.1, 0.15) is 6.54 Å². The van der Waals surface area contributed by atoms with E-state index in [4.69, 9.17) is 5.11 Å². The monoisotopic (exact) mass is 316 g/mol. The number of aryl methyl sites for hydroxylation is 1. The molecule has 0 bridgehead atoms. The van der Waals surface area contributed by atoms with Crippen LogP contribution in [0.2, 0.25) is 0 Å². The van der Waals surface area contributed by atoms with E-state index >= 15 is 0 Å². The fourth-order valence-electron chi connectivity index (χ4n) is 1.17. The molecular weight excluding hydrogens is 296 g/mol. The zero-order valence-corrected chi connectivity index (χ0v) is 13.3. The van der Waals surface area contributed by atoms with Crippen molar-refractivity contribution in [2.24, 2.45) is 0 Å². The van der Waals surface area contributed by atoms with Gasteiger partial charge in [-0.15, -0.1) is 0 Å². The van der Waals surface area contributed by atoms with Crippen LogP contribution < -0.4 is 0 Å². The van der Waals surface area contributed by atoms with Gasteiger partial charge in [0.25, 0.3) is 0 Å². The summed E-state index contributed by atoms with van der Waals surface area (Å²) in [5.41, 5.74) is 0.944. The first-order valence-corrected chi connectivity index (χ1v) is 7.41. The van der Waals surface area contributed by atoms with Crippen LogP contribution in [0.25, 0.3) is 0 Å². The second kappa shape index (κ2) is 8.38. The summed E-state index contributed by atoms with van der Waals surface area (Å²) in [4.78, 5) is 21.4. The maximum absolute atomic E-state index is 11.8. The highest BCUT2D eigenvalue weighted by Crippen LogP contribution is 2.14. The minimum Gasteiger partial charge on any atom is -0.480 e. The summed E-state index contributed by atoms with van der Waals surface area (Å²) in [7, 11) is 0.916. The first-order chi connectivity index (χ1) is 9.61. The Balaban J connectivity index is 0.000000690. The van der Waals surface area contributed by atoms with Crippen molar-refractivity contribution >= 4 is 22.4 Å². The third-order valence-corrected chi connectivity index (χ3v) is 4.12. The van der Waals surface area contributed by atoms with E-state index in [-0.39, 0.29) is 4.90 Å². The number of carboxylic acid groups (broad SMARTS) is 1.